The minimum atomic E-state index is -3.90. The molecule has 3 fully saturated rings. The molecule has 2 aliphatic carbocycles. The molecule has 53 heavy (non-hydrogen) atoms. The Balaban J connectivity index is 1.34. The van der Waals surface area contributed by atoms with Crippen LogP contribution in [0.25, 0.3) is 10.8 Å². The Labute approximate surface area is 314 Å². The number of hydrogen-bond acceptors (Lipinski definition) is 10. The molecular weight excluding hydrogens is 726 g/mol. The van der Waals surface area contributed by atoms with Crippen molar-refractivity contribution in [2.75, 3.05) is 13.7 Å². The van der Waals surface area contributed by atoms with Crippen LogP contribution >= 0.6 is 11.6 Å². The first-order valence-corrected chi connectivity index (χ1v) is 20.1. The van der Waals surface area contributed by atoms with Gasteiger partial charge in [0.2, 0.25) is 27.7 Å². The number of benzene rings is 1. The molecule has 2 aliphatic heterocycles. The summed E-state index contributed by atoms with van der Waals surface area (Å²) in [7, 11) is -2.40. The highest BCUT2D eigenvalue weighted by Gasteiger charge is 2.62. The van der Waals surface area contributed by atoms with E-state index in [1.807, 2.05) is 19.1 Å². The van der Waals surface area contributed by atoms with Gasteiger partial charge in [-0.2, -0.15) is 0 Å². The van der Waals surface area contributed by atoms with Crippen LogP contribution in [0.2, 0.25) is 5.02 Å². The van der Waals surface area contributed by atoms with Gasteiger partial charge in [-0.3, -0.25) is 19.1 Å². The second kappa shape index (κ2) is 15.0. The van der Waals surface area contributed by atoms with Gasteiger partial charge in [0.15, 0.2) is 0 Å². The molecule has 1 aromatic heterocycles. The summed E-state index contributed by atoms with van der Waals surface area (Å²) in [6, 6.07) is 3.05. The molecule has 2 aromatic rings. The smallest absolute Gasteiger partial charge is 0.408 e. The number of sulfonamides is 1. The van der Waals surface area contributed by atoms with Crippen LogP contribution in [0.15, 0.2) is 36.5 Å². The van der Waals surface area contributed by atoms with Gasteiger partial charge < -0.3 is 29.7 Å². The molecule has 288 valence electrons. The van der Waals surface area contributed by atoms with Crippen molar-refractivity contribution in [2.24, 2.45) is 11.8 Å². The van der Waals surface area contributed by atoms with Crippen LogP contribution in [-0.4, -0.2) is 90.3 Å². The third-order valence-electron chi connectivity index (χ3n) is 10.3. The molecule has 6 unspecified atom stereocenters. The van der Waals surface area contributed by atoms with Crippen LogP contribution in [0.1, 0.15) is 79.1 Å². The summed E-state index contributed by atoms with van der Waals surface area (Å²) >= 11 is 6.53. The Hall–Kier alpha value is -4.11. The second-order valence-corrected chi connectivity index (χ2v) is 17.9. The van der Waals surface area contributed by atoms with E-state index in [1.54, 1.807) is 39.0 Å². The SMILES string of the molecule is COc1cnc(OC2CC3C(=O)NC4(C(=O)NS(=O)(=O)C5CC5)CC4C=CCCCCC(C)C(NC(=O)OC(C)(C)C)C(=O)N3C2)c2cccc(Cl)c12. The minimum Gasteiger partial charge on any atom is -0.494 e. The van der Waals surface area contributed by atoms with Crippen LogP contribution in [0.4, 0.5) is 4.79 Å². The molecule has 1 aromatic carbocycles. The number of pyridine rings is 1. The van der Waals surface area contributed by atoms with E-state index in [0.29, 0.717) is 47.2 Å². The molecule has 14 nitrogen and oxygen atoms in total. The van der Waals surface area contributed by atoms with Crippen LogP contribution in [0.3, 0.4) is 0 Å². The number of fused-ring (bicyclic) bond motifs is 3. The summed E-state index contributed by atoms with van der Waals surface area (Å²) in [5, 5.41) is 6.58. The summed E-state index contributed by atoms with van der Waals surface area (Å²) in [6.45, 7) is 6.99. The number of nitrogens with zero attached hydrogens (tertiary/aromatic N) is 2. The number of alkyl carbamates (subject to hydrolysis) is 1. The fourth-order valence-electron chi connectivity index (χ4n) is 7.17. The molecule has 16 heteroatoms. The lowest BCUT2D eigenvalue weighted by Gasteiger charge is -2.32. The predicted octanol–water partition coefficient (Wildman–Crippen LogP) is 4.39. The molecule has 0 radical (unpaired) electrons. The minimum absolute atomic E-state index is 0.0134. The number of rotatable bonds is 7. The van der Waals surface area contributed by atoms with Crippen molar-refractivity contribution in [3.05, 3.63) is 41.6 Å². The van der Waals surface area contributed by atoms with Crippen LogP contribution in [-0.2, 0) is 29.1 Å². The van der Waals surface area contributed by atoms with E-state index in [-0.39, 0.29) is 31.2 Å². The van der Waals surface area contributed by atoms with Crippen molar-refractivity contribution in [1.82, 2.24) is 25.2 Å². The highest BCUT2D eigenvalue weighted by Crippen LogP contribution is 2.46. The standard InChI is InChI=1S/C37H48ClN5O9S/c1-21-11-8-6-7-9-12-22-18-37(22,34(46)42-53(48,49)24-15-16-24)41-31(44)27-17-23(20-43(27)33(45)30(21)40-35(47)52-36(2,3)4)51-32-25-13-10-14-26(38)29(25)28(50-5)19-39-32/h9-10,12-14,19,21-24,27,30H,6-8,11,15-18,20H2,1-5H3,(H,40,47)(H,41,44)(H,42,46). The van der Waals surface area contributed by atoms with Crippen molar-refractivity contribution in [3.8, 4) is 11.6 Å². The van der Waals surface area contributed by atoms with Gasteiger partial charge in [0.05, 0.1) is 30.1 Å². The molecule has 0 bridgehead atoms. The molecule has 3 N–H and O–H groups in total. The quantitative estimate of drug-likeness (QED) is 0.342. The topological polar surface area (TPSA) is 182 Å². The molecule has 2 saturated carbocycles. The maximum atomic E-state index is 14.6. The third kappa shape index (κ3) is 8.51. The van der Waals surface area contributed by atoms with E-state index < -0.39 is 74.3 Å². The number of methoxy groups -OCH3 is 1. The fourth-order valence-corrected chi connectivity index (χ4v) is 8.80. The van der Waals surface area contributed by atoms with Gasteiger partial charge in [0, 0.05) is 23.1 Å². The van der Waals surface area contributed by atoms with Gasteiger partial charge in [-0.25, -0.2) is 18.2 Å². The average molecular weight is 774 g/mol. The molecule has 6 rings (SSSR count). The Bertz CT molecular complexity index is 1910. The highest BCUT2D eigenvalue weighted by molar-refractivity contribution is 7.91. The summed E-state index contributed by atoms with van der Waals surface area (Å²) in [4.78, 5) is 61.7. The van der Waals surface area contributed by atoms with Gasteiger partial charge >= 0.3 is 6.09 Å². The first-order valence-electron chi connectivity index (χ1n) is 18.2. The maximum absolute atomic E-state index is 14.6. The van der Waals surface area contributed by atoms with E-state index in [0.717, 1.165) is 12.8 Å². The molecular formula is C37H48ClN5O9S. The number of hydrogen-bond donors (Lipinski definition) is 3. The van der Waals surface area contributed by atoms with Crippen LogP contribution in [0.5, 0.6) is 11.6 Å². The van der Waals surface area contributed by atoms with Crippen molar-refractivity contribution in [1.29, 1.82) is 0 Å². The zero-order valence-electron chi connectivity index (χ0n) is 30.6. The Kier molecular flexibility index (Phi) is 10.9. The zero-order chi connectivity index (χ0) is 38.3. The number of carbonyl (C=O) groups is 4. The van der Waals surface area contributed by atoms with Crippen molar-refractivity contribution >= 4 is 56.2 Å². The second-order valence-electron chi connectivity index (χ2n) is 15.5. The third-order valence-corrected chi connectivity index (χ3v) is 12.4. The summed E-state index contributed by atoms with van der Waals surface area (Å²) in [6.07, 6.45) is 7.71. The van der Waals surface area contributed by atoms with E-state index in [2.05, 4.69) is 20.3 Å². The summed E-state index contributed by atoms with van der Waals surface area (Å²) < 4.78 is 45.3. The number of carbonyl (C=O) groups excluding carboxylic acids is 4. The summed E-state index contributed by atoms with van der Waals surface area (Å²) in [5.41, 5.74) is -2.34. The van der Waals surface area contributed by atoms with Gasteiger partial charge in [-0.1, -0.05) is 43.2 Å². The number of amides is 4. The average Bonchev–Trinajstić information content (AvgIpc) is 4.01. The number of nitrogens with one attached hydrogen (secondary N) is 3. The van der Waals surface area contributed by atoms with E-state index >= 15 is 0 Å². The largest absolute Gasteiger partial charge is 0.494 e. The van der Waals surface area contributed by atoms with E-state index in [4.69, 9.17) is 25.8 Å². The van der Waals surface area contributed by atoms with Gasteiger partial charge in [0.1, 0.15) is 35.1 Å². The molecule has 1 saturated heterocycles. The number of halogens is 1. The molecule has 4 amide bonds. The van der Waals surface area contributed by atoms with Gasteiger partial charge in [-0.05, 0) is 77.3 Å². The molecule has 3 heterocycles. The number of aromatic nitrogens is 1. The fraction of sp³-hybridized carbons (Fsp3) is 0.595. The zero-order valence-corrected chi connectivity index (χ0v) is 32.2. The Morgan fingerprint density at radius 2 is 1.89 bits per heavy atom. The monoisotopic (exact) mass is 773 g/mol. The first-order chi connectivity index (χ1) is 25.0. The van der Waals surface area contributed by atoms with Crippen LogP contribution in [0, 0.1) is 11.8 Å². The van der Waals surface area contributed by atoms with E-state index in [9.17, 15) is 27.6 Å². The number of allylic oxidation sites excluding steroid dienone is 1. The van der Waals surface area contributed by atoms with E-state index in [1.165, 1.54) is 18.2 Å². The molecule has 6 atom stereocenters. The summed E-state index contributed by atoms with van der Waals surface area (Å²) in [5.74, 6) is -2.08. The lowest BCUT2D eigenvalue weighted by atomic mass is 9.93. The highest BCUT2D eigenvalue weighted by atomic mass is 35.5. The maximum Gasteiger partial charge on any atom is 0.408 e. The van der Waals surface area contributed by atoms with Crippen LogP contribution < -0.4 is 24.8 Å². The normalized spacial score (nSPS) is 28.1. The van der Waals surface area contributed by atoms with Crippen molar-refractivity contribution in [2.45, 2.75) is 114 Å². The Morgan fingerprint density at radius 3 is 2.58 bits per heavy atom. The van der Waals surface area contributed by atoms with Crippen molar-refractivity contribution in [3.63, 3.8) is 0 Å². The van der Waals surface area contributed by atoms with Gasteiger partial charge in [-0.15, -0.1) is 0 Å². The number of ether oxygens (including phenoxy) is 3. The molecule has 4 aliphatic rings. The Morgan fingerprint density at radius 1 is 1.13 bits per heavy atom. The van der Waals surface area contributed by atoms with Crippen molar-refractivity contribution < 1.29 is 41.8 Å². The predicted molar refractivity (Wildman–Crippen MR) is 197 cm³/mol. The lowest BCUT2D eigenvalue weighted by molar-refractivity contribution is -0.142. The molecule has 0 spiro atoms. The first kappa shape index (κ1) is 38.6. The van der Waals surface area contributed by atoms with Gasteiger partial charge in [0.25, 0.3) is 5.91 Å². The lowest BCUT2D eigenvalue weighted by Crippen LogP contribution is -2.59.